The van der Waals surface area contributed by atoms with Crippen LogP contribution in [0.2, 0.25) is 4.47 Å². The maximum absolute atomic E-state index is 13.6. The highest BCUT2D eigenvalue weighted by molar-refractivity contribution is 7.18. The molecular formula is C9H5ClF2N2S. The molecule has 0 atom stereocenters. The molecule has 0 fully saturated rings. The van der Waals surface area contributed by atoms with E-state index in [0.29, 0.717) is 5.56 Å². The Morgan fingerprint density at radius 1 is 1.27 bits per heavy atom. The maximum atomic E-state index is 13.6. The molecule has 0 unspecified atom stereocenters. The lowest BCUT2D eigenvalue weighted by Crippen LogP contribution is -1.92. The molecule has 0 spiro atoms. The summed E-state index contributed by atoms with van der Waals surface area (Å²) in [4.78, 5) is 0. The van der Waals surface area contributed by atoms with Crippen molar-refractivity contribution in [1.29, 1.82) is 0 Å². The average molecular weight is 247 g/mol. The van der Waals surface area contributed by atoms with Crippen molar-refractivity contribution in [3.8, 4) is 10.6 Å². The van der Waals surface area contributed by atoms with Gasteiger partial charge in [0.25, 0.3) is 0 Å². The fourth-order valence-corrected chi connectivity index (χ4v) is 2.03. The normalized spacial score (nSPS) is 10.7. The molecule has 1 aromatic heterocycles. The van der Waals surface area contributed by atoms with Crippen molar-refractivity contribution in [3.63, 3.8) is 0 Å². The molecule has 0 aliphatic heterocycles. The summed E-state index contributed by atoms with van der Waals surface area (Å²) >= 11 is 6.50. The summed E-state index contributed by atoms with van der Waals surface area (Å²) in [6.07, 6.45) is 0. The van der Waals surface area contributed by atoms with Gasteiger partial charge in [-0.05, 0) is 30.2 Å². The van der Waals surface area contributed by atoms with Gasteiger partial charge in [0.1, 0.15) is 11.6 Å². The third-order valence-electron chi connectivity index (χ3n) is 1.90. The zero-order valence-corrected chi connectivity index (χ0v) is 9.16. The molecule has 0 aliphatic rings. The minimum atomic E-state index is -0.661. The molecule has 0 saturated carbocycles. The van der Waals surface area contributed by atoms with Gasteiger partial charge in [-0.2, -0.15) is 0 Å². The Morgan fingerprint density at radius 2 is 2.00 bits per heavy atom. The fraction of sp³-hybridized carbons (Fsp3) is 0.111. The Kier molecular flexibility index (Phi) is 2.67. The number of benzene rings is 1. The first kappa shape index (κ1) is 10.4. The second-order valence-corrected chi connectivity index (χ2v) is 4.47. The molecule has 6 heteroatoms. The molecule has 2 nitrogen and oxygen atoms in total. The van der Waals surface area contributed by atoms with Gasteiger partial charge in [0.05, 0.1) is 5.56 Å². The Balaban J connectivity index is 2.66. The van der Waals surface area contributed by atoms with Gasteiger partial charge in [-0.15, -0.1) is 10.2 Å². The number of rotatable bonds is 1. The highest BCUT2D eigenvalue weighted by Gasteiger charge is 2.17. The van der Waals surface area contributed by atoms with Crippen LogP contribution in [0.5, 0.6) is 0 Å². The first-order valence-corrected chi connectivity index (χ1v) is 5.23. The standard InChI is InChI=1S/C9H5ClF2N2S/c1-4-2-3-5(11)6(7(4)12)8-13-14-9(10)15-8/h2-3H,1H3. The summed E-state index contributed by atoms with van der Waals surface area (Å²) in [5, 5.41) is 7.26. The largest absolute Gasteiger partial charge is 0.207 e. The highest BCUT2D eigenvalue weighted by atomic mass is 35.5. The van der Waals surface area contributed by atoms with E-state index in [0.717, 1.165) is 11.3 Å². The van der Waals surface area contributed by atoms with E-state index in [1.807, 2.05) is 0 Å². The summed E-state index contributed by atoms with van der Waals surface area (Å²) in [5.74, 6) is -1.28. The summed E-state index contributed by atoms with van der Waals surface area (Å²) in [6.45, 7) is 1.56. The molecule has 1 aromatic carbocycles. The summed E-state index contributed by atoms with van der Waals surface area (Å²) in [6, 6.07) is 2.57. The van der Waals surface area contributed by atoms with Crippen molar-refractivity contribution < 1.29 is 8.78 Å². The van der Waals surface area contributed by atoms with Crippen molar-refractivity contribution in [1.82, 2.24) is 10.2 Å². The van der Waals surface area contributed by atoms with E-state index in [4.69, 9.17) is 11.6 Å². The molecule has 1 heterocycles. The molecule has 0 aliphatic carbocycles. The van der Waals surface area contributed by atoms with Crippen molar-refractivity contribution in [2.24, 2.45) is 0 Å². The van der Waals surface area contributed by atoms with E-state index >= 15 is 0 Å². The van der Waals surface area contributed by atoms with E-state index in [1.54, 1.807) is 6.92 Å². The predicted octanol–water partition coefficient (Wildman–Crippen LogP) is 3.45. The monoisotopic (exact) mass is 246 g/mol. The Hall–Kier alpha value is -1.07. The number of hydrogen-bond acceptors (Lipinski definition) is 3. The lowest BCUT2D eigenvalue weighted by atomic mass is 10.1. The fourth-order valence-electron chi connectivity index (χ4n) is 1.16. The molecule has 0 bridgehead atoms. The lowest BCUT2D eigenvalue weighted by Gasteiger charge is -2.02. The first-order valence-electron chi connectivity index (χ1n) is 4.03. The predicted molar refractivity (Wildman–Crippen MR) is 55.0 cm³/mol. The molecule has 15 heavy (non-hydrogen) atoms. The molecule has 2 rings (SSSR count). The second-order valence-electron chi connectivity index (χ2n) is 2.91. The molecular weight excluding hydrogens is 242 g/mol. The van der Waals surface area contributed by atoms with Gasteiger partial charge in [0.2, 0.25) is 4.47 Å². The molecule has 0 saturated heterocycles. The minimum Gasteiger partial charge on any atom is -0.206 e. The van der Waals surface area contributed by atoms with Gasteiger partial charge in [0, 0.05) is 0 Å². The van der Waals surface area contributed by atoms with Crippen molar-refractivity contribution in [3.05, 3.63) is 33.8 Å². The van der Waals surface area contributed by atoms with Crippen LogP contribution in [0, 0.1) is 18.6 Å². The topological polar surface area (TPSA) is 25.8 Å². The zero-order chi connectivity index (χ0) is 11.0. The van der Waals surface area contributed by atoms with Crippen molar-refractivity contribution in [2.45, 2.75) is 6.92 Å². The number of hydrogen-bond donors (Lipinski definition) is 0. The van der Waals surface area contributed by atoms with E-state index in [2.05, 4.69) is 10.2 Å². The van der Waals surface area contributed by atoms with Crippen LogP contribution in [0.3, 0.4) is 0 Å². The zero-order valence-electron chi connectivity index (χ0n) is 7.59. The summed E-state index contributed by atoms with van der Waals surface area (Å²) in [7, 11) is 0. The van der Waals surface area contributed by atoms with Gasteiger partial charge < -0.3 is 0 Å². The van der Waals surface area contributed by atoms with Crippen molar-refractivity contribution >= 4 is 22.9 Å². The highest BCUT2D eigenvalue weighted by Crippen LogP contribution is 2.31. The van der Waals surface area contributed by atoms with Crippen LogP contribution in [-0.2, 0) is 0 Å². The Labute approximate surface area is 93.5 Å². The second kappa shape index (κ2) is 3.83. The first-order chi connectivity index (χ1) is 7.09. The number of aromatic nitrogens is 2. The molecule has 0 radical (unpaired) electrons. The van der Waals surface area contributed by atoms with Crippen LogP contribution in [0.15, 0.2) is 12.1 Å². The van der Waals surface area contributed by atoms with Gasteiger partial charge in [0.15, 0.2) is 5.01 Å². The van der Waals surface area contributed by atoms with Crippen LogP contribution in [0.25, 0.3) is 10.6 Å². The number of halogens is 3. The van der Waals surface area contributed by atoms with Gasteiger partial charge in [-0.25, -0.2) is 8.78 Å². The molecule has 78 valence electrons. The third kappa shape index (κ3) is 1.85. The van der Waals surface area contributed by atoms with Crippen molar-refractivity contribution in [2.75, 3.05) is 0 Å². The maximum Gasteiger partial charge on any atom is 0.207 e. The van der Waals surface area contributed by atoms with E-state index in [1.165, 1.54) is 12.1 Å². The van der Waals surface area contributed by atoms with Crippen LogP contribution < -0.4 is 0 Å². The summed E-state index contributed by atoms with van der Waals surface area (Å²) < 4.78 is 27.2. The lowest BCUT2D eigenvalue weighted by molar-refractivity contribution is 0.583. The molecule has 0 N–H and O–H groups in total. The van der Waals surface area contributed by atoms with Crippen LogP contribution in [-0.4, -0.2) is 10.2 Å². The molecule has 2 aromatic rings. The van der Waals surface area contributed by atoms with Crippen LogP contribution in [0.1, 0.15) is 5.56 Å². The van der Waals surface area contributed by atoms with E-state index in [-0.39, 0.29) is 15.0 Å². The average Bonchev–Trinajstić information content (AvgIpc) is 2.59. The van der Waals surface area contributed by atoms with E-state index in [9.17, 15) is 8.78 Å². The summed E-state index contributed by atoms with van der Waals surface area (Å²) in [5.41, 5.74) is 0.192. The Morgan fingerprint density at radius 3 is 2.60 bits per heavy atom. The van der Waals surface area contributed by atoms with Gasteiger partial charge in [-0.3, -0.25) is 0 Å². The SMILES string of the molecule is Cc1ccc(F)c(-c2nnc(Cl)s2)c1F. The quantitative estimate of drug-likeness (QED) is 0.770. The van der Waals surface area contributed by atoms with Gasteiger partial charge >= 0.3 is 0 Å². The van der Waals surface area contributed by atoms with Gasteiger partial charge in [-0.1, -0.05) is 17.4 Å². The minimum absolute atomic E-state index is 0.152. The third-order valence-corrected chi connectivity index (χ3v) is 2.93. The molecule has 0 amide bonds. The number of aryl methyl sites for hydroxylation is 1. The Bertz CT molecular complexity index is 513. The number of nitrogens with zero attached hydrogens (tertiary/aromatic N) is 2. The smallest absolute Gasteiger partial charge is 0.206 e. The van der Waals surface area contributed by atoms with Crippen LogP contribution in [0.4, 0.5) is 8.78 Å². The van der Waals surface area contributed by atoms with Crippen LogP contribution >= 0.6 is 22.9 Å². The van der Waals surface area contributed by atoms with E-state index < -0.39 is 11.6 Å².